The number of rotatable bonds is 8. The fourth-order valence-electron chi connectivity index (χ4n) is 3.19. The summed E-state index contributed by atoms with van der Waals surface area (Å²) in [5.74, 6) is 2.80. The molecule has 2 N–H and O–H groups in total. The Morgan fingerprint density at radius 2 is 2.00 bits per heavy atom. The van der Waals surface area contributed by atoms with Gasteiger partial charge in [-0.05, 0) is 54.7 Å². The van der Waals surface area contributed by atoms with E-state index in [-0.39, 0.29) is 0 Å². The predicted molar refractivity (Wildman–Crippen MR) is 110 cm³/mol. The van der Waals surface area contributed by atoms with Crippen LogP contribution in [0.2, 0.25) is 0 Å². The van der Waals surface area contributed by atoms with Gasteiger partial charge >= 0.3 is 0 Å². The summed E-state index contributed by atoms with van der Waals surface area (Å²) < 4.78 is 10.8. The first-order valence-corrected chi connectivity index (χ1v) is 9.68. The van der Waals surface area contributed by atoms with Crippen LogP contribution >= 0.6 is 0 Å². The Kier molecular flexibility index (Phi) is 6.97. The number of guanidine groups is 1. The summed E-state index contributed by atoms with van der Waals surface area (Å²) in [7, 11) is 1.70. The highest BCUT2D eigenvalue weighted by atomic mass is 16.5. The van der Waals surface area contributed by atoms with Gasteiger partial charge in [-0.25, -0.2) is 0 Å². The third-order valence-corrected chi connectivity index (χ3v) is 4.61. The first-order chi connectivity index (χ1) is 13.3. The molecule has 1 heterocycles. The molecule has 0 atom stereocenters. The molecule has 0 saturated carbocycles. The number of aliphatic imine (C=N–C) groups is 1. The van der Waals surface area contributed by atoms with Crippen molar-refractivity contribution in [3.05, 3.63) is 59.2 Å². The summed E-state index contributed by atoms with van der Waals surface area (Å²) >= 11 is 0. The second-order valence-corrected chi connectivity index (χ2v) is 6.58. The lowest BCUT2D eigenvalue weighted by atomic mass is 10.1. The average molecular weight is 367 g/mol. The summed E-state index contributed by atoms with van der Waals surface area (Å²) in [6.07, 6.45) is 2.87. The monoisotopic (exact) mass is 367 g/mol. The van der Waals surface area contributed by atoms with Gasteiger partial charge in [0.2, 0.25) is 0 Å². The van der Waals surface area contributed by atoms with Crippen molar-refractivity contribution in [1.29, 1.82) is 0 Å². The fraction of sp³-hybridized carbons (Fsp3) is 0.409. The van der Waals surface area contributed by atoms with E-state index in [1.807, 2.05) is 12.1 Å². The van der Waals surface area contributed by atoms with Crippen LogP contribution in [0.3, 0.4) is 0 Å². The Balaban J connectivity index is 1.48. The van der Waals surface area contributed by atoms with Crippen LogP contribution < -0.4 is 20.1 Å². The van der Waals surface area contributed by atoms with Gasteiger partial charge < -0.3 is 20.1 Å². The van der Waals surface area contributed by atoms with Gasteiger partial charge in [-0.15, -0.1) is 0 Å². The van der Waals surface area contributed by atoms with E-state index in [9.17, 15) is 0 Å². The van der Waals surface area contributed by atoms with Crippen molar-refractivity contribution in [1.82, 2.24) is 10.6 Å². The number of benzene rings is 2. The number of ether oxygens (including phenoxy) is 2. The molecule has 0 aromatic heterocycles. The van der Waals surface area contributed by atoms with E-state index >= 15 is 0 Å². The molecule has 0 spiro atoms. The molecule has 5 nitrogen and oxygen atoms in total. The zero-order valence-electron chi connectivity index (χ0n) is 16.3. The first kappa shape index (κ1) is 19.1. The number of hydrogen-bond acceptors (Lipinski definition) is 3. The maximum Gasteiger partial charge on any atom is 0.191 e. The quantitative estimate of drug-likeness (QED) is 0.556. The van der Waals surface area contributed by atoms with Crippen LogP contribution in [-0.4, -0.2) is 39.3 Å². The summed E-state index contributed by atoms with van der Waals surface area (Å²) in [4.78, 5) is 4.71. The molecule has 2 aromatic carbocycles. The van der Waals surface area contributed by atoms with Crippen molar-refractivity contribution in [2.45, 2.75) is 26.2 Å². The highest BCUT2D eigenvalue weighted by Gasteiger charge is 2.11. The molecule has 0 amide bonds. The molecule has 0 bridgehead atoms. The Bertz CT molecular complexity index is 774. The first-order valence-electron chi connectivity index (χ1n) is 9.68. The van der Waals surface area contributed by atoms with E-state index in [4.69, 9.17) is 14.5 Å². The molecule has 1 aliphatic rings. The van der Waals surface area contributed by atoms with Crippen LogP contribution in [0.5, 0.6) is 11.5 Å². The second-order valence-electron chi connectivity index (χ2n) is 6.58. The standard InChI is InChI=1S/C22H29N3O2/c1-3-23-22(24-12-9-17-5-4-6-20(16-17)26-2)25-13-10-18-7-8-21-19(15-18)11-14-27-21/h4-8,15-16H,3,9-14H2,1-2H3,(H2,23,24,25). The normalized spacial score (nSPS) is 13.0. The lowest BCUT2D eigenvalue weighted by Crippen LogP contribution is -2.38. The fourth-order valence-corrected chi connectivity index (χ4v) is 3.19. The Labute approximate surface area is 161 Å². The SMILES string of the molecule is CCNC(=NCCc1ccc2c(c1)CCO2)NCCc1cccc(OC)c1. The zero-order chi connectivity index (χ0) is 18.9. The molecule has 144 valence electrons. The topological polar surface area (TPSA) is 54.9 Å². The lowest BCUT2D eigenvalue weighted by Gasteiger charge is -2.12. The number of methoxy groups -OCH3 is 1. The van der Waals surface area contributed by atoms with Crippen molar-refractivity contribution < 1.29 is 9.47 Å². The van der Waals surface area contributed by atoms with Crippen LogP contribution in [-0.2, 0) is 19.3 Å². The molecule has 1 aliphatic heterocycles. The molecule has 0 fully saturated rings. The third kappa shape index (κ3) is 5.64. The lowest BCUT2D eigenvalue weighted by molar-refractivity contribution is 0.357. The van der Waals surface area contributed by atoms with E-state index < -0.39 is 0 Å². The molecular formula is C22H29N3O2. The zero-order valence-corrected chi connectivity index (χ0v) is 16.3. The van der Waals surface area contributed by atoms with Gasteiger partial charge in [0, 0.05) is 26.1 Å². The van der Waals surface area contributed by atoms with Crippen molar-refractivity contribution in [3.63, 3.8) is 0 Å². The van der Waals surface area contributed by atoms with Crippen LogP contribution in [0.1, 0.15) is 23.6 Å². The molecule has 0 radical (unpaired) electrons. The molecule has 0 aliphatic carbocycles. The largest absolute Gasteiger partial charge is 0.497 e. The van der Waals surface area contributed by atoms with Crippen molar-refractivity contribution in [2.75, 3.05) is 33.4 Å². The van der Waals surface area contributed by atoms with Crippen molar-refractivity contribution in [2.24, 2.45) is 4.99 Å². The molecule has 3 rings (SSSR count). The minimum atomic E-state index is 0.758. The third-order valence-electron chi connectivity index (χ3n) is 4.61. The Morgan fingerprint density at radius 1 is 1.11 bits per heavy atom. The van der Waals surface area contributed by atoms with E-state index in [1.54, 1.807) is 7.11 Å². The number of hydrogen-bond donors (Lipinski definition) is 2. The van der Waals surface area contributed by atoms with Gasteiger partial charge in [0.25, 0.3) is 0 Å². The minimum absolute atomic E-state index is 0.758. The van der Waals surface area contributed by atoms with Gasteiger partial charge in [-0.2, -0.15) is 0 Å². The maximum absolute atomic E-state index is 5.57. The van der Waals surface area contributed by atoms with Crippen LogP contribution in [0, 0.1) is 0 Å². The van der Waals surface area contributed by atoms with Gasteiger partial charge in [-0.3, -0.25) is 4.99 Å². The van der Waals surface area contributed by atoms with Gasteiger partial charge in [0.1, 0.15) is 11.5 Å². The maximum atomic E-state index is 5.57. The smallest absolute Gasteiger partial charge is 0.191 e. The molecule has 27 heavy (non-hydrogen) atoms. The van der Waals surface area contributed by atoms with Gasteiger partial charge in [-0.1, -0.05) is 24.3 Å². The highest BCUT2D eigenvalue weighted by molar-refractivity contribution is 5.79. The average Bonchev–Trinajstić information content (AvgIpc) is 3.16. The predicted octanol–water partition coefficient (Wildman–Crippen LogP) is 2.97. The summed E-state index contributed by atoms with van der Waals surface area (Å²) in [6, 6.07) is 14.7. The molecule has 0 saturated heterocycles. The van der Waals surface area contributed by atoms with Gasteiger partial charge in [0.15, 0.2) is 5.96 Å². The van der Waals surface area contributed by atoms with E-state index in [0.717, 1.165) is 63.0 Å². The van der Waals surface area contributed by atoms with Crippen LogP contribution in [0.15, 0.2) is 47.5 Å². The van der Waals surface area contributed by atoms with Crippen LogP contribution in [0.25, 0.3) is 0 Å². The van der Waals surface area contributed by atoms with Crippen molar-refractivity contribution >= 4 is 5.96 Å². The van der Waals surface area contributed by atoms with E-state index in [1.165, 1.54) is 16.7 Å². The van der Waals surface area contributed by atoms with E-state index in [2.05, 4.69) is 47.9 Å². The highest BCUT2D eigenvalue weighted by Crippen LogP contribution is 2.25. The second kappa shape index (κ2) is 9.86. The van der Waals surface area contributed by atoms with Gasteiger partial charge in [0.05, 0.1) is 13.7 Å². The summed E-state index contributed by atoms with van der Waals surface area (Å²) in [5.41, 5.74) is 3.88. The Hall–Kier alpha value is -2.69. The molecule has 0 unspecified atom stereocenters. The minimum Gasteiger partial charge on any atom is -0.497 e. The van der Waals surface area contributed by atoms with Crippen LogP contribution in [0.4, 0.5) is 0 Å². The summed E-state index contributed by atoms with van der Waals surface area (Å²) in [5, 5.41) is 6.73. The molecule has 2 aromatic rings. The molecular weight excluding hydrogens is 338 g/mol. The number of nitrogens with one attached hydrogen (secondary N) is 2. The number of fused-ring (bicyclic) bond motifs is 1. The van der Waals surface area contributed by atoms with Crippen molar-refractivity contribution in [3.8, 4) is 11.5 Å². The molecule has 5 heteroatoms. The number of nitrogens with zero attached hydrogens (tertiary/aromatic N) is 1. The van der Waals surface area contributed by atoms with E-state index in [0.29, 0.717) is 0 Å². The Morgan fingerprint density at radius 3 is 2.85 bits per heavy atom. The summed E-state index contributed by atoms with van der Waals surface area (Å²) in [6.45, 7) is 5.32.